The summed E-state index contributed by atoms with van der Waals surface area (Å²) in [6, 6.07) is 9.79. The normalized spacial score (nSPS) is 19.4. The summed E-state index contributed by atoms with van der Waals surface area (Å²) in [5.41, 5.74) is 0.706. The molecule has 280 valence electrons. The van der Waals surface area contributed by atoms with Gasteiger partial charge >= 0.3 is 18.0 Å². The molecule has 2 fully saturated rings. The number of aliphatic hydroxyl groups is 1. The van der Waals surface area contributed by atoms with Gasteiger partial charge in [0.05, 0.1) is 23.2 Å². The van der Waals surface area contributed by atoms with E-state index in [-0.39, 0.29) is 29.1 Å². The van der Waals surface area contributed by atoms with Gasteiger partial charge < -0.3 is 29.5 Å². The lowest BCUT2D eigenvalue weighted by atomic mass is 9.73. The lowest BCUT2D eigenvalue weighted by molar-refractivity contribution is -0.175. The number of rotatable bonds is 10. The number of nitrogens with zero attached hydrogens (tertiary/aromatic N) is 4. The fraction of sp³-hybridized carbons (Fsp3) is 0.526. The van der Waals surface area contributed by atoms with Crippen molar-refractivity contribution in [2.75, 3.05) is 25.2 Å². The molecule has 52 heavy (non-hydrogen) atoms. The molecular weight excluding hydrogens is 676 g/mol. The summed E-state index contributed by atoms with van der Waals surface area (Å²) in [6.07, 6.45) is 2.97. The second-order valence-electron chi connectivity index (χ2n) is 14.7. The number of likely N-dealkylation sites (tertiary alicyclic amines) is 1. The van der Waals surface area contributed by atoms with Crippen molar-refractivity contribution in [1.82, 2.24) is 19.9 Å². The lowest BCUT2D eigenvalue weighted by Gasteiger charge is -2.37. The zero-order valence-electron chi connectivity index (χ0n) is 30.2. The Morgan fingerprint density at radius 2 is 1.56 bits per heavy atom. The third-order valence-corrected chi connectivity index (χ3v) is 9.58. The van der Waals surface area contributed by atoms with Crippen molar-refractivity contribution in [3.8, 4) is 11.3 Å². The van der Waals surface area contributed by atoms with Crippen molar-refractivity contribution in [2.45, 2.75) is 90.8 Å². The number of halogens is 2. The summed E-state index contributed by atoms with van der Waals surface area (Å²) in [5.74, 6) is -1.11. The molecule has 0 unspecified atom stereocenters. The van der Waals surface area contributed by atoms with E-state index in [1.807, 2.05) is 19.1 Å². The van der Waals surface area contributed by atoms with E-state index < -0.39 is 42.5 Å². The molecule has 1 aliphatic heterocycles. The number of nitrogens with one attached hydrogen (secondary N) is 1. The number of aryl methyl sites for hydroxylation is 1. The number of alkyl halides is 2. The molecule has 1 amide bonds. The lowest BCUT2D eigenvalue weighted by Crippen LogP contribution is -2.43. The van der Waals surface area contributed by atoms with Crippen molar-refractivity contribution < 1.29 is 42.5 Å². The van der Waals surface area contributed by atoms with E-state index in [0.29, 0.717) is 74.4 Å². The third-order valence-electron chi connectivity index (χ3n) is 9.58. The number of hydrogen-bond donors (Lipinski definition) is 2. The quantitative estimate of drug-likeness (QED) is 0.161. The molecule has 3 aromatic rings. The van der Waals surface area contributed by atoms with E-state index in [9.17, 15) is 28.3 Å². The zero-order valence-corrected chi connectivity index (χ0v) is 30.2. The van der Waals surface area contributed by atoms with Gasteiger partial charge in [-0.05, 0) is 121 Å². The number of ether oxygens (including phenoxy) is 3. The van der Waals surface area contributed by atoms with Gasteiger partial charge in [-0.1, -0.05) is 0 Å². The number of carbonyl (C=O) groups excluding carboxylic acids is 3. The first-order valence-corrected chi connectivity index (χ1v) is 17.6. The van der Waals surface area contributed by atoms with Crippen molar-refractivity contribution >= 4 is 29.7 Å². The number of piperidine rings is 1. The standard InChI is InChI=1S/C38H47F2N5O7/c1-23-18-29(43-32(19-23)44-31-20-26(33(39)40)12-15-41-31)27-8-11-30(42-21-27)38(5,49)28-9-6-24(7-10-28)34(46)50-22-51-35(47)25-13-16-45(17-14-25)36(48)52-37(2,3)4/h8,11-12,15,18-21,24-25,28,33,49H,6-7,9-10,13-14,16-17,22H2,1-5H3,(H,41,43,44)/t24?,28?,38-/m1/s1. The molecule has 14 heteroatoms. The summed E-state index contributed by atoms with van der Waals surface area (Å²) in [5, 5.41) is 14.6. The predicted octanol–water partition coefficient (Wildman–Crippen LogP) is 7.23. The second kappa shape index (κ2) is 16.3. The first-order valence-electron chi connectivity index (χ1n) is 17.6. The fourth-order valence-electron chi connectivity index (χ4n) is 6.61. The Morgan fingerprint density at radius 1 is 0.904 bits per heavy atom. The summed E-state index contributed by atoms with van der Waals surface area (Å²) < 4.78 is 42.2. The summed E-state index contributed by atoms with van der Waals surface area (Å²) >= 11 is 0. The van der Waals surface area contributed by atoms with Gasteiger partial charge in [0.15, 0.2) is 0 Å². The molecule has 3 aromatic heterocycles. The Balaban J connectivity index is 1.08. The Morgan fingerprint density at radius 3 is 2.15 bits per heavy atom. The highest BCUT2D eigenvalue weighted by Gasteiger charge is 2.39. The van der Waals surface area contributed by atoms with Crippen molar-refractivity contribution in [2.24, 2.45) is 17.8 Å². The molecule has 1 saturated heterocycles. The number of hydrogen-bond acceptors (Lipinski definition) is 11. The van der Waals surface area contributed by atoms with Crippen LogP contribution in [0, 0.1) is 24.7 Å². The van der Waals surface area contributed by atoms with Gasteiger partial charge in [-0.25, -0.2) is 23.5 Å². The topological polar surface area (TPSA) is 153 Å². The molecule has 0 radical (unpaired) electrons. The van der Waals surface area contributed by atoms with Gasteiger partial charge in [-0.15, -0.1) is 0 Å². The van der Waals surface area contributed by atoms with E-state index in [1.54, 1.807) is 50.9 Å². The minimum absolute atomic E-state index is 0.143. The van der Waals surface area contributed by atoms with E-state index >= 15 is 0 Å². The second-order valence-corrected chi connectivity index (χ2v) is 14.7. The number of carbonyl (C=O) groups is 3. The fourth-order valence-corrected chi connectivity index (χ4v) is 6.61. The van der Waals surface area contributed by atoms with Crippen LogP contribution in [0.1, 0.15) is 89.5 Å². The Labute approximate surface area is 302 Å². The summed E-state index contributed by atoms with van der Waals surface area (Å²) in [6.45, 7) is 9.32. The molecule has 12 nitrogen and oxygen atoms in total. The maximum atomic E-state index is 13.1. The Kier molecular flexibility index (Phi) is 12.1. The largest absolute Gasteiger partial charge is 0.444 e. The van der Waals surface area contributed by atoms with Crippen LogP contribution in [0.2, 0.25) is 0 Å². The van der Waals surface area contributed by atoms with Gasteiger partial charge in [-0.3, -0.25) is 14.6 Å². The number of amides is 1. The molecule has 2 aliphatic rings. The van der Waals surface area contributed by atoms with Crippen LogP contribution >= 0.6 is 0 Å². The number of pyridine rings is 3. The first-order chi connectivity index (χ1) is 24.6. The van der Waals surface area contributed by atoms with E-state index in [1.165, 1.54) is 18.3 Å². The maximum absolute atomic E-state index is 13.1. The highest BCUT2D eigenvalue weighted by molar-refractivity contribution is 5.75. The van der Waals surface area contributed by atoms with Crippen LogP contribution in [0.25, 0.3) is 11.3 Å². The van der Waals surface area contributed by atoms with Crippen LogP contribution in [-0.4, -0.2) is 68.5 Å². The molecule has 0 aromatic carbocycles. The molecule has 2 N–H and O–H groups in total. The summed E-state index contributed by atoms with van der Waals surface area (Å²) in [7, 11) is 0. The van der Waals surface area contributed by atoms with Gasteiger partial charge in [0.25, 0.3) is 6.43 Å². The average molecular weight is 724 g/mol. The predicted molar refractivity (Wildman–Crippen MR) is 187 cm³/mol. The van der Waals surface area contributed by atoms with Crippen LogP contribution in [0.3, 0.4) is 0 Å². The molecular formula is C38H47F2N5O7. The molecule has 0 bridgehead atoms. The summed E-state index contributed by atoms with van der Waals surface area (Å²) in [4.78, 5) is 52.5. The van der Waals surface area contributed by atoms with E-state index in [0.717, 1.165) is 5.56 Å². The number of aromatic nitrogens is 3. The molecule has 5 rings (SSSR count). The highest BCUT2D eigenvalue weighted by atomic mass is 19.3. The monoisotopic (exact) mass is 723 g/mol. The number of esters is 2. The third kappa shape index (κ3) is 9.99. The molecule has 1 aliphatic carbocycles. The van der Waals surface area contributed by atoms with Gasteiger partial charge in [0.2, 0.25) is 6.79 Å². The molecule has 1 atom stereocenters. The van der Waals surface area contributed by atoms with Crippen molar-refractivity contribution in [3.05, 3.63) is 65.6 Å². The van der Waals surface area contributed by atoms with Crippen LogP contribution in [0.15, 0.2) is 48.8 Å². The van der Waals surface area contributed by atoms with Gasteiger partial charge in [0.1, 0.15) is 22.8 Å². The van der Waals surface area contributed by atoms with Crippen LogP contribution in [0.5, 0.6) is 0 Å². The maximum Gasteiger partial charge on any atom is 0.410 e. The Hall–Kier alpha value is -4.72. The smallest absolute Gasteiger partial charge is 0.410 e. The molecule has 4 heterocycles. The Bertz CT molecular complexity index is 1720. The minimum Gasteiger partial charge on any atom is -0.444 e. The average Bonchev–Trinajstić information content (AvgIpc) is 3.11. The van der Waals surface area contributed by atoms with Gasteiger partial charge in [0, 0.05) is 36.6 Å². The van der Waals surface area contributed by atoms with E-state index in [4.69, 9.17) is 14.2 Å². The van der Waals surface area contributed by atoms with Crippen molar-refractivity contribution in [1.29, 1.82) is 0 Å². The minimum atomic E-state index is -2.61. The number of anilines is 2. The van der Waals surface area contributed by atoms with Crippen molar-refractivity contribution in [3.63, 3.8) is 0 Å². The van der Waals surface area contributed by atoms with Crippen LogP contribution < -0.4 is 5.32 Å². The van der Waals surface area contributed by atoms with Gasteiger partial charge in [-0.2, -0.15) is 0 Å². The SMILES string of the molecule is Cc1cc(Nc2cc(C(F)F)ccn2)nc(-c2ccc([C@](C)(O)C3CCC(C(=O)OCOC(=O)C4CCN(C(=O)OC(C)(C)C)CC4)CC3)nc2)c1. The molecule has 0 spiro atoms. The van der Waals surface area contributed by atoms with E-state index in [2.05, 4.69) is 20.3 Å². The highest BCUT2D eigenvalue weighted by Crippen LogP contribution is 2.41. The van der Waals surface area contributed by atoms with Crippen LogP contribution in [0.4, 0.5) is 25.2 Å². The van der Waals surface area contributed by atoms with Crippen LogP contribution in [-0.2, 0) is 29.4 Å². The first kappa shape index (κ1) is 38.5. The zero-order chi connectivity index (χ0) is 37.6. The molecule has 1 saturated carbocycles.